The van der Waals surface area contributed by atoms with Gasteiger partial charge in [-0.15, -0.1) is 0 Å². The Balaban J connectivity index is 1.11. The first kappa shape index (κ1) is 35.7. The van der Waals surface area contributed by atoms with Gasteiger partial charge in [-0.25, -0.2) is 0 Å². The van der Waals surface area contributed by atoms with E-state index in [1.807, 2.05) is 12.3 Å². The van der Waals surface area contributed by atoms with Gasteiger partial charge in [0.05, 0.1) is 5.70 Å². The lowest BCUT2D eigenvalue weighted by molar-refractivity contribution is 1.33. The second kappa shape index (κ2) is 15.3. The lowest BCUT2D eigenvalue weighted by Crippen LogP contribution is -1.98. The Bertz CT molecular complexity index is 3230. The molecule has 0 amide bonds. The second-order valence-electron chi connectivity index (χ2n) is 15.1. The number of benzene rings is 9. The first-order chi connectivity index (χ1) is 29.1. The van der Waals surface area contributed by atoms with Crippen LogP contribution in [0.15, 0.2) is 224 Å². The fourth-order valence-corrected chi connectivity index (χ4v) is 8.54. The zero-order chi connectivity index (χ0) is 39.7. The molecule has 0 unspecified atom stereocenters. The van der Waals surface area contributed by atoms with Gasteiger partial charge in [0.1, 0.15) is 0 Å². The van der Waals surface area contributed by atoms with Crippen LogP contribution in [0.3, 0.4) is 0 Å². The minimum atomic E-state index is 0.858. The van der Waals surface area contributed by atoms with Crippen LogP contribution in [-0.2, 0) is 0 Å². The largest absolute Gasteiger partial charge is 0.264 e. The smallest absolute Gasteiger partial charge is 0.0717 e. The summed E-state index contributed by atoms with van der Waals surface area (Å²) in [5.41, 5.74) is 12.8. The summed E-state index contributed by atoms with van der Waals surface area (Å²) in [5.74, 6) is 0. The molecule has 0 fully saturated rings. The average molecular weight is 753 g/mol. The predicted molar refractivity (Wildman–Crippen MR) is 253 cm³/mol. The van der Waals surface area contributed by atoms with Gasteiger partial charge in [-0.2, -0.15) is 0 Å². The highest BCUT2D eigenvalue weighted by Crippen LogP contribution is 2.44. The molecule has 0 saturated heterocycles. The zero-order valence-electron chi connectivity index (χ0n) is 32.8. The fraction of sp³-hybridized carbons (Fsp3) is 0.0175. The Labute approximate surface area is 344 Å². The van der Waals surface area contributed by atoms with Crippen LogP contribution >= 0.6 is 0 Å². The molecular weight excluding hydrogens is 713 g/mol. The summed E-state index contributed by atoms with van der Waals surface area (Å²) in [5, 5.41) is 9.72. The van der Waals surface area contributed by atoms with E-state index >= 15 is 0 Å². The minimum absolute atomic E-state index is 0.858. The number of fused-ring (bicyclic) bond motifs is 4. The van der Waals surface area contributed by atoms with Gasteiger partial charge in [0.25, 0.3) is 0 Å². The van der Waals surface area contributed by atoms with Gasteiger partial charge in [0.15, 0.2) is 0 Å². The molecule has 0 spiro atoms. The van der Waals surface area contributed by atoms with Gasteiger partial charge in [-0.05, 0) is 125 Å². The molecule has 0 aliphatic carbocycles. The van der Waals surface area contributed by atoms with Crippen LogP contribution in [0.25, 0.3) is 87.7 Å². The summed E-state index contributed by atoms with van der Waals surface area (Å²) in [6.45, 7) is 6.69. The number of aliphatic imine (C=N–C) groups is 1. The van der Waals surface area contributed by atoms with Crippen molar-refractivity contribution in [1.29, 1.82) is 0 Å². The number of aromatic nitrogens is 1. The van der Waals surface area contributed by atoms with Crippen LogP contribution in [0.1, 0.15) is 23.6 Å². The maximum absolute atomic E-state index is 5.46. The quantitative estimate of drug-likeness (QED) is 0.0862. The van der Waals surface area contributed by atoms with Crippen molar-refractivity contribution in [1.82, 2.24) is 4.98 Å². The van der Waals surface area contributed by atoms with Gasteiger partial charge < -0.3 is 0 Å². The third-order valence-electron chi connectivity index (χ3n) is 11.4. The predicted octanol–water partition coefficient (Wildman–Crippen LogP) is 15.3. The van der Waals surface area contributed by atoms with Gasteiger partial charge in [0.2, 0.25) is 0 Å². The van der Waals surface area contributed by atoms with E-state index in [2.05, 4.69) is 213 Å². The summed E-state index contributed by atoms with van der Waals surface area (Å²) < 4.78 is 0. The van der Waals surface area contributed by atoms with Crippen molar-refractivity contribution in [2.45, 2.75) is 6.92 Å². The van der Waals surface area contributed by atoms with Crippen molar-refractivity contribution in [3.8, 4) is 33.4 Å². The maximum Gasteiger partial charge on any atom is 0.0717 e. The second-order valence-corrected chi connectivity index (χ2v) is 15.1. The van der Waals surface area contributed by atoms with Crippen LogP contribution in [0.5, 0.6) is 0 Å². The molecule has 59 heavy (non-hydrogen) atoms. The number of nitrogens with zero attached hydrogens (tertiary/aromatic N) is 2. The highest BCUT2D eigenvalue weighted by atomic mass is 14.8. The molecule has 0 radical (unpaired) electrons. The Hall–Kier alpha value is -7.68. The molecule has 10 aromatic rings. The van der Waals surface area contributed by atoms with Crippen LogP contribution in [0.2, 0.25) is 0 Å². The fourth-order valence-electron chi connectivity index (χ4n) is 8.54. The number of rotatable bonds is 8. The molecule has 0 atom stereocenters. The summed E-state index contributed by atoms with van der Waals surface area (Å²) in [6.07, 6.45) is 5.82. The molecule has 1 heterocycles. The molecule has 1 aromatic heterocycles. The maximum atomic E-state index is 5.46. The average Bonchev–Trinajstić information content (AvgIpc) is 3.30. The molecule has 9 aromatic carbocycles. The van der Waals surface area contributed by atoms with Crippen LogP contribution in [-0.4, -0.2) is 10.7 Å². The Morgan fingerprint density at radius 2 is 1.00 bits per heavy atom. The van der Waals surface area contributed by atoms with E-state index in [1.165, 1.54) is 54.4 Å². The lowest BCUT2D eigenvalue weighted by atomic mass is 9.85. The third-order valence-corrected chi connectivity index (χ3v) is 11.4. The van der Waals surface area contributed by atoms with Crippen LogP contribution < -0.4 is 0 Å². The Kier molecular flexibility index (Phi) is 9.29. The zero-order valence-corrected chi connectivity index (χ0v) is 32.8. The minimum Gasteiger partial charge on any atom is -0.264 e. The standard InChI is InChI=1S/C57H40N2/c1-38(42-19-11-21-45(34-42)48-23-14-32-58-37-48)33-55(50-29-13-18-41-16-5-6-24-49(41)50)59-39(2)43-20-12-22-46(35-43)56-51-25-7-9-27-53(51)57(54-28-10-8-26-52(54)56)47-31-30-40-15-3-4-17-44(40)36-47/h3-37H,1H2,2H3/b55-33-,59-39+. The van der Waals surface area contributed by atoms with E-state index in [1.54, 1.807) is 6.20 Å². The van der Waals surface area contributed by atoms with Crippen LogP contribution in [0.4, 0.5) is 0 Å². The summed E-state index contributed by atoms with van der Waals surface area (Å²) in [4.78, 5) is 9.80. The van der Waals surface area contributed by atoms with Crippen molar-refractivity contribution < 1.29 is 0 Å². The van der Waals surface area contributed by atoms with Gasteiger partial charge in [0, 0.05) is 29.2 Å². The van der Waals surface area contributed by atoms with Crippen molar-refractivity contribution in [3.05, 3.63) is 236 Å². The van der Waals surface area contributed by atoms with E-state index in [9.17, 15) is 0 Å². The van der Waals surface area contributed by atoms with Crippen molar-refractivity contribution >= 4 is 60.1 Å². The molecule has 0 bridgehead atoms. The number of hydrogen-bond acceptors (Lipinski definition) is 2. The topological polar surface area (TPSA) is 25.2 Å². The molecule has 0 N–H and O–H groups in total. The molecule has 0 saturated carbocycles. The molecule has 0 aliphatic heterocycles. The Morgan fingerprint density at radius 1 is 0.458 bits per heavy atom. The lowest BCUT2D eigenvalue weighted by Gasteiger charge is -2.18. The summed E-state index contributed by atoms with van der Waals surface area (Å²) in [7, 11) is 0. The highest BCUT2D eigenvalue weighted by Gasteiger charge is 2.18. The summed E-state index contributed by atoms with van der Waals surface area (Å²) in [6, 6.07) is 69.5. The van der Waals surface area contributed by atoms with Crippen molar-refractivity contribution in [2.75, 3.05) is 0 Å². The molecule has 2 heteroatoms. The Morgan fingerprint density at radius 3 is 1.69 bits per heavy atom. The number of allylic oxidation sites excluding steroid dienone is 2. The first-order valence-corrected chi connectivity index (χ1v) is 20.1. The van der Waals surface area contributed by atoms with Gasteiger partial charge in [-0.3, -0.25) is 9.98 Å². The van der Waals surface area contributed by atoms with E-state index in [4.69, 9.17) is 4.99 Å². The van der Waals surface area contributed by atoms with Gasteiger partial charge in [-0.1, -0.05) is 176 Å². The van der Waals surface area contributed by atoms with E-state index in [0.717, 1.165) is 55.7 Å². The third kappa shape index (κ3) is 6.81. The molecule has 2 nitrogen and oxygen atoms in total. The molecule has 10 rings (SSSR count). The normalized spacial score (nSPS) is 12.1. The van der Waals surface area contributed by atoms with E-state index < -0.39 is 0 Å². The SMILES string of the molecule is C=C(/C=C(\N=C(/C)c1cccc(-c2c3ccccc3c(-c3ccc4ccccc4c3)c3ccccc23)c1)c1cccc2ccccc12)c1cccc(-c2cccnc2)c1. The highest BCUT2D eigenvalue weighted by molar-refractivity contribution is 6.22. The molecule has 0 aliphatic rings. The molecular formula is C57H40N2. The van der Waals surface area contributed by atoms with Crippen molar-refractivity contribution in [2.24, 2.45) is 4.99 Å². The van der Waals surface area contributed by atoms with Gasteiger partial charge >= 0.3 is 0 Å². The monoisotopic (exact) mass is 752 g/mol. The van der Waals surface area contributed by atoms with Crippen LogP contribution in [0, 0.1) is 0 Å². The molecule has 278 valence electrons. The van der Waals surface area contributed by atoms with E-state index in [0.29, 0.717) is 0 Å². The number of hydrogen-bond donors (Lipinski definition) is 0. The van der Waals surface area contributed by atoms with E-state index in [-0.39, 0.29) is 0 Å². The van der Waals surface area contributed by atoms with Crippen molar-refractivity contribution in [3.63, 3.8) is 0 Å². The summed E-state index contributed by atoms with van der Waals surface area (Å²) >= 11 is 0. The first-order valence-electron chi connectivity index (χ1n) is 20.1. The number of pyridine rings is 1.